The molecule has 0 aromatic heterocycles. The van der Waals surface area contributed by atoms with Crippen LogP contribution in [0.2, 0.25) is 5.02 Å². The van der Waals surface area contributed by atoms with E-state index in [1.54, 1.807) is 6.08 Å². The molecular weight excluding hydrogens is 184 g/mol. The summed E-state index contributed by atoms with van der Waals surface area (Å²) in [4.78, 5) is 0. The summed E-state index contributed by atoms with van der Waals surface area (Å²) in [7, 11) is 0. The van der Waals surface area contributed by atoms with Crippen LogP contribution in [0, 0.1) is 0 Å². The van der Waals surface area contributed by atoms with E-state index in [4.69, 9.17) is 16.3 Å². The minimum atomic E-state index is 0.491. The first-order valence-electron chi connectivity index (χ1n) is 4.30. The third kappa shape index (κ3) is 2.78. The van der Waals surface area contributed by atoms with Crippen LogP contribution in [0.3, 0.4) is 0 Å². The average Bonchev–Trinajstić information content (AvgIpc) is 2.16. The Bertz CT molecular complexity index is 294. The predicted molar refractivity (Wildman–Crippen MR) is 56.5 cm³/mol. The van der Waals surface area contributed by atoms with Gasteiger partial charge in [0.25, 0.3) is 0 Å². The van der Waals surface area contributed by atoms with E-state index in [0.29, 0.717) is 11.6 Å². The fourth-order valence-electron chi connectivity index (χ4n) is 1.03. The van der Waals surface area contributed by atoms with Gasteiger partial charge in [-0.25, -0.2) is 0 Å². The molecule has 0 saturated carbocycles. The molecule has 0 fully saturated rings. The first-order valence-corrected chi connectivity index (χ1v) is 4.67. The molecule has 0 heterocycles. The Balaban J connectivity index is 2.78. The van der Waals surface area contributed by atoms with Crippen molar-refractivity contribution in [1.29, 1.82) is 0 Å². The normalized spacial score (nSPS) is 9.69. The number of rotatable bonds is 4. The third-order valence-corrected chi connectivity index (χ3v) is 2.06. The molecule has 0 amide bonds. The molecular formula is C11H13ClO. The highest BCUT2D eigenvalue weighted by atomic mass is 35.5. The van der Waals surface area contributed by atoms with Gasteiger partial charge in [-0.3, -0.25) is 0 Å². The first kappa shape index (κ1) is 10.1. The minimum Gasteiger partial charge on any atom is -0.488 e. The van der Waals surface area contributed by atoms with Crippen LogP contribution in [0.4, 0.5) is 0 Å². The van der Waals surface area contributed by atoms with E-state index >= 15 is 0 Å². The molecule has 0 N–H and O–H groups in total. The Kier molecular flexibility index (Phi) is 3.84. The summed E-state index contributed by atoms with van der Waals surface area (Å²) in [6.07, 6.45) is 2.69. The van der Waals surface area contributed by atoms with Gasteiger partial charge in [-0.05, 0) is 24.1 Å². The van der Waals surface area contributed by atoms with Gasteiger partial charge >= 0.3 is 0 Å². The Labute approximate surface area is 84.0 Å². The van der Waals surface area contributed by atoms with Crippen LogP contribution < -0.4 is 4.74 Å². The first-order chi connectivity index (χ1) is 6.27. The van der Waals surface area contributed by atoms with Gasteiger partial charge in [0.05, 0.1) is 5.02 Å². The summed E-state index contributed by atoms with van der Waals surface area (Å²) in [6.45, 7) is 6.16. The molecule has 0 aliphatic heterocycles. The fourth-order valence-corrected chi connectivity index (χ4v) is 1.29. The van der Waals surface area contributed by atoms with Gasteiger partial charge in [0.2, 0.25) is 0 Å². The van der Waals surface area contributed by atoms with Crippen molar-refractivity contribution < 1.29 is 4.74 Å². The molecule has 1 aromatic rings. The van der Waals surface area contributed by atoms with Gasteiger partial charge in [0, 0.05) is 0 Å². The average molecular weight is 197 g/mol. The molecule has 0 atom stereocenters. The zero-order chi connectivity index (χ0) is 9.68. The molecule has 0 bridgehead atoms. The number of aryl methyl sites for hydroxylation is 1. The molecule has 0 radical (unpaired) electrons. The lowest BCUT2D eigenvalue weighted by Crippen LogP contribution is -1.93. The molecule has 0 aliphatic rings. The lowest BCUT2D eigenvalue weighted by Gasteiger charge is -2.06. The van der Waals surface area contributed by atoms with E-state index in [2.05, 4.69) is 13.5 Å². The molecule has 1 nitrogen and oxygen atoms in total. The molecule has 2 heteroatoms. The summed E-state index contributed by atoms with van der Waals surface area (Å²) in [5.74, 6) is 0.721. The summed E-state index contributed by atoms with van der Waals surface area (Å²) >= 11 is 5.98. The second kappa shape index (κ2) is 4.93. The zero-order valence-electron chi connectivity index (χ0n) is 7.72. The molecule has 0 saturated heterocycles. The number of halogens is 1. The van der Waals surface area contributed by atoms with E-state index in [-0.39, 0.29) is 0 Å². The quantitative estimate of drug-likeness (QED) is 0.671. The van der Waals surface area contributed by atoms with Crippen molar-refractivity contribution in [3.05, 3.63) is 41.4 Å². The highest BCUT2D eigenvalue weighted by molar-refractivity contribution is 6.32. The maximum atomic E-state index is 5.98. The largest absolute Gasteiger partial charge is 0.488 e. The van der Waals surface area contributed by atoms with Gasteiger partial charge in [-0.2, -0.15) is 0 Å². The Morgan fingerprint density at radius 2 is 2.31 bits per heavy atom. The van der Waals surface area contributed by atoms with E-state index in [1.807, 2.05) is 18.2 Å². The van der Waals surface area contributed by atoms with Crippen LogP contribution in [0.15, 0.2) is 30.9 Å². The van der Waals surface area contributed by atoms with Crippen LogP contribution in [0.5, 0.6) is 5.75 Å². The predicted octanol–water partition coefficient (Wildman–Crippen LogP) is 3.47. The van der Waals surface area contributed by atoms with Crippen LogP contribution >= 0.6 is 11.6 Å². The van der Waals surface area contributed by atoms with Crippen LogP contribution in [0.1, 0.15) is 12.5 Å². The van der Waals surface area contributed by atoms with Gasteiger partial charge in [-0.15, -0.1) is 0 Å². The van der Waals surface area contributed by atoms with Gasteiger partial charge in [0.15, 0.2) is 0 Å². The third-order valence-electron chi connectivity index (χ3n) is 1.76. The van der Waals surface area contributed by atoms with Crippen molar-refractivity contribution in [3.63, 3.8) is 0 Å². The van der Waals surface area contributed by atoms with Crippen molar-refractivity contribution >= 4 is 11.6 Å². The standard InChI is InChI=1S/C11H13ClO/c1-3-7-13-11-6-5-9(4-2)8-10(11)12/h3,5-6,8H,1,4,7H2,2H3. The maximum Gasteiger partial charge on any atom is 0.138 e. The molecule has 1 aromatic carbocycles. The van der Waals surface area contributed by atoms with E-state index in [9.17, 15) is 0 Å². The van der Waals surface area contributed by atoms with Gasteiger partial charge in [0.1, 0.15) is 12.4 Å². The molecule has 13 heavy (non-hydrogen) atoms. The second-order valence-electron chi connectivity index (χ2n) is 2.72. The highest BCUT2D eigenvalue weighted by Gasteiger charge is 2.00. The van der Waals surface area contributed by atoms with Crippen LogP contribution in [-0.4, -0.2) is 6.61 Å². The number of hydrogen-bond acceptors (Lipinski definition) is 1. The van der Waals surface area contributed by atoms with Gasteiger partial charge in [-0.1, -0.05) is 37.2 Å². The lowest BCUT2D eigenvalue weighted by atomic mass is 10.2. The molecule has 0 unspecified atom stereocenters. The van der Waals surface area contributed by atoms with Crippen LogP contribution in [0.25, 0.3) is 0 Å². The monoisotopic (exact) mass is 196 g/mol. The summed E-state index contributed by atoms with van der Waals surface area (Å²) in [5, 5.41) is 0.668. The lowest BCUT2D eigenvalue weighted by molar-refractivity contribution is 0.363. The van der Waals surface area contributed by atoms with Crippen molar-refractivity contribution in [2.24, 2.45) is 0 Å². The Morgan fingerprint density at radius 1 is 1.54 bits per heavy atom. The fraction of sp³-hybridized carbons (Fsp3) is 0.273. The molecule has 1 rings (SSSR count). The van der Waals surface area contributed by atoms with Crippen molar-refractivity contribution in [1.82, 2.24) is 0 Å². The number of ether oxygens (including phenoxy) is 1. The zero-order valence-corrected chi connectivity index (χ0v) is 8.47. The topological polar surface area (TPSA) is 9.23 Å². The Hall–Kier alpha value is -0.950. The minimum absolute atomic E-state index is 0.491. The van der Waals surface area contributed by atoms with Crippen molar-refractivity contribution in [3.8, 4) is 5.75 Å². The van der Waals surface area contributed by atoms with E-state index < -0.39 is 0 Å². The second-order valence-corrected chi connectivity index (χ2v) is 3.13. The van der Waals surface area contributed by atoms with E-state index in [0.717, 1.165) is 12.2 Å². The maximum absolute atomic E-state index is 5.98. The molecule has 70 valence electrons. The van der Waals surface area contributed by atoms with Crippen molar-refractivity contribution in [2.45, 2.75) is 13.3 Å². The number of benzene rings is 1. The highest BCUT2D eigenvalue weighted by Crippen LogP contribution is 2.25. The van der Waals surface area contributed by atoms with Crippen molar-refractivity contribution in [2.75, 3.05) is 6.61 Å². The van der Waals surface area contributed by atoms with Gasteiger partial charge < -0.3 is 4.74 Å². The van der Waals surface area contributed by atoms with Crippen LogP contribution in [-0.2, 0) is 6.42 Å². The Morgan fingerprint density at radius 3 is 2.85 bits per heavy atom. The van der Waals surface area contributed by atoms with E-state index in [1.165, 1.54) is 5.56 Å². The smallest absolute Gasteiger partial charge is 0.138 e. The summed E-state index contributed by atoms with van der Waals surface area (Å²) in [5.41, 5.74) is 1.22. The number of hydrogen-bond donors (Lipinski definition) is 0. The SMILES string of the molecule is C=CCOc1ccc(CC)cc1Cl. The summed E-state index contributed by atoms with van der Waals surface area (Å²) in [6, 6.07) is 5.84. The molecule has 0 spiro atoms. The molecule has 0 aliphatic carbocycles. The summed E-state index contributed by atoms with van der Waals surface area (Å²) < 4.78 is 5.34.